The van der Waals surface area contributed by atoms with E-state index >= 15 is 0 Å². The molecular formula is C27H43ClO4. The molecule has 0 N–H and O–H groups in total. The number of halogens is 1. The number of unbranched alkanes of at least 4 members (excludes halogenated alkanes) is 11. The summed E-state index contributed by atoms with van der Waals surface area (Å²) in [7, 11) is 0. The summed E-state index contributed by atoms with van der Waals surface area (Å²) < 4.78 is 10.7. The van der Waals surface area contributed by atoms with Gasteiger partial charge in [-0.05, 0) is 49.4 Å². The van der Waals surface area contributed by atoms with Crippen LogP contribution in [-0.4, -0.2) is 18.5 Å². The number of carbonyl (C=O) groups excluding carboxylic acids is 2. The lowest BCUT2D eigenvalue weighted by Crippen LogP contribution is -2.05. The number of rotatable bonds is 19. The van der Waals surface area contributed by atoms with Crippen LogP contribution >= 0.6 is 11.6 Å². The van der Waals surface area contributed by atoms with Crippen LogP contribution in [0.3, 0.4) is 0 Å². The van der Waals surface area contributed by atoms with Crippen molar-refractivity contribution in [3.05, 3.63) is 34.3 Å². The Balaban J connectivity index is 1.88. The highest BCUT2D eigenvalue weighted by Gasteiger charge is 2.06. The normalized spacial score (nSPS) is 10.8. The van der Waals surface area contributed by atoms with Gasteiger partial charge in [-0.3, -0.25) is 9.59 Å². The average Bonchev–Trinajstić information content (AvgIpc) is 2.76. The largest absolute Gasteiger partial charge is 0.466 e. The van der Waals surface area contributed by atoms with E-state index < -0.39 is 0 Å². The van der Waals surface area contributed by atoms with E-state index in [9.17, 15) is 9.59 Å². The number of esters is 2. The summed E-state index contributed by atoms with van der Waals surface area (Å²) in [6.07, 6.45) is 15.5. The van der Waals surface area contributed by atoms with E-state index in [2.05, 4.69) is 6.92 Å². The molecule has 0 spiro atoms. The van der Waals surface area contributed by atoms with Gasteiger partial charge in [0.25, 0.3) is 0 Å². The van der Waals surface area contributed by atoms with Crippen molar-refractivity contribution in [2.45, 2.75) is 117 Å². The van der Waals surface area contributed by atoms with Gasteiger partial charge in [-0.1, -0.05) is 88.8 Å². The molecule has 0 fully saturated rings. The van der Waals surface area contributed by atoms with Gasteiger partial charge in [-0.15, -0.1) is 0 Å². The van der Waals surface area contributed by atoms with E-state index in [0.29, 0.717) is 31.1 Å². The number of benzene rings is 1. The molecule has 182 valence electrons. The monoisotopic (exact) mass is 466 g/mol. The molecule has 0 heterocycles. The van der Waals surface area contributed by atoms with Gasteiger partial charge >= 0.3 is 11.9 Å². The van der Waals surface area contributed by atoms with Crippen LogP contribution in [0.1, 0.15) is 114 Å². The van der Waals surface area contributed by atoms with Crippen LogP contribution in [0.2, 0.25) is 5.02 Å². The van der Waals surface area contributed by atoms with Crippen molar-refractivity contribution in [2.24, 2.45) is 0 Å². The molecule has 0 unspecified atom stereocenters. The quantitative estimate of drug-likeness (QED) is 0.152. The lowest BCUT2D eigenvalue weighted by Gasteiger charge is -2.08. The molecular weight excluding hydrogens is 424 g/mol. The van der Waals surface area contributed by atoms with Crippen LogP contribution < -0.4 is 0 Å². The molecule has 0 saturated carbocycles. The van der Waals surface area contributed by atoms with Crippen molar-refractivity contribution >= 4 is 23.5 Å². The van der Waals surface area contributed by atoms with Crippen LogP contribution in [-0.2, 0) is 25.7 Å². The Morgan fingerprint density at radius 2 is 1.28 bits per heavy atom. The van der Waals surface area contributed by atoms with Crippen LogP contribution in [0.15, 0.2) is 18.2 Å². The standard InChI is InChI=1S/C27H43ClO4/c1-3-4-5-6-9-12-15-20-31-26(29)16-13-10-7-8-11-14-17-27(30)32-22-24-18-19-25(28)21-23(24)2/h18-19,21H,3-17,20,22H2,1-2H3. The fourth-order valence-electron chi connectivity index (χ4n) is 3.61. The van der Waals surface area contributed by atoms with Gasteiger partial charge in [-0.25, -0.2) is 0 Å². The average molecular weight is 467 g/mol. The molecule has 4 nitrogen and oxygen atoms in total. The molecule has 5 heteroatoms. The van der Waals surface area contributed by atoms with Crippen molar-refractivity contribution in [2.75, 3.05) is 6.61 Å². The summed E-state index contributed by atoms with van der Waals surface area (Å²) >= 11 is 5.94. The van der Waals surface area contributed by atoms with Crippen molar-refractivity contribution in [1.82, 2.24) is 0 Å². The topological polar surface area (TPSA) is 52.6 Å². The zero-order chi connectivity index (χ0) is 23.4. The Hall–Kier alpha value is -1.55. The lowest BCUT2D eigenvalue weighted by molar-refractivity contribution is -0.145. The summed E-state index contributed by atoms with van der Waals surface area (Å²) in [4.78, 5) is 23.6. The van der Waals surface area contributed by atoms with E-state index in [1.807, 2.05) is 25.1 Å². The maximum absolute atomic E-state index is 11.9. The molecule has 0 aliphatic rings. The summed E-state index contributed by atoms with van der Waals surface area (Å²) in [6.45, 7) is 5.06. The predicted molar refractivity (Wildman–Crippen MR) is 132 cm³/mol. The highest BCUT2D eigenvalue weighted by Crippen LogP contribution is 2.16. The Kier molecular flexibility index (Phi) is 16.9. The Bertz CT molecular complexity index is 645. The first kappa shape index (κ1) is 28.5. The van der Waals surface area contributed by atoms with E-state index in [1.54, 1.807) is 0 Å². The van der Waals surface area contributed by atoms with Crippen molar-refractivity contribution in [1.29, 1.82) is 0 Å². The zero-order valence-corrected chi connectivity index (χ0v) is 21.0. The number of hydrogen-bond acceptors (Lipinski definition) is 4. The van der Waals surface area contributed by atoms with E-state index in [4.69, 9.17) is 21.1 Å². The van der Waals surface area contributed by atoms with E-state index in [1.165, 1.54) is 32.1 Å². The highest BCUT2D eigenvalue weighted by atomic mass is 35.5. The first-order chi connectivity index (χ1) is 15.5. The first-order valence-electron chi connectivity index (χ1n) is 12.6. The minimum Gasteiger partial charge on any atom is -0.466 e. The number of ether oxygens (including phenoxy) is 2. The van der Waals surface area contributed by atoms with Crippen LogP contribution in [0, 0.1) is 6.92 Å². The van der Waals surface area contributed by atoms with Gasteiger partial charge in [0.15, 0.2) is 0 Å². The molecule has 0 aromatic heterocycles. The van der Waals surface area contributed by atoms with Crippen LogP contribution in [0.5, 0.6) is 0 Å². The fraction of sp³-hybridized carbons (Fsp3) is 0.704. The molecule has 0 radical (unpaired) electrons. The SMILES string of the molecule is CCCCCCCCCOC(=O)CCCCCCCCC(=O)OCc1ccc(Cl)cc1C. The molecule has 32 heavy (non-hydrogen) atoms. The summed E-state index contributed by atoms with van der Waals surface area (Å²) in [6, 6.07) is 5.59. The molecule has 0 bridgehead atoms. The summed E-state index contributed by atoms with van der Waals surface area (Å²) in [5.74, 6) is -0.210. The fourth-order valence-corrected chi connectivity index (χ4v) is 3.84. The van der Waals surface area contributed by atoms with E-state index in [0.717, 1.165) is 62.5 Å². The van der Waals surface area contributed by atoms with Crippen molar-refractivity contribution < 1.29 is 19.1 Å². The van der Waals surface area contributed by atoms with E-state index in [-0.39, 0.29) is 11.9 Å². The molecule has 0 amide bonds. The number of hydrogen-bond donors (Lipinski definition) is 0. The second-order valence-electron chi connectivity index (χ2n) is 8.69. The van der Waals surface area contributed by atoms with Crippen molar-refractivity contribution in [3.63, 3.8) is 0 Å². The molecule has 1 aromatic carbocycles. The number of aryl methyl sites for hydroxylation is 1. The maximum atomic E-state index is 11.9. The minimum absolute atomic E-state index is 0.0605. The van der Waals surface area contributed by atoms with Gasteiger partial charge in [0.2, 0.25) is 0 Å². The lowest BCUT2D eigenvalue weighted by atomic mass is 10.1. The van der Waals surface area contributed by atoms with Gasteiger partial charge in [0, 0.05) is 17.9 Å². The first-order valence-corrected chi connectivity index (χ1v) is 13.0. The highest BCUT2D eigenvalue weighted by molar-refractivity contribution is 6.30. The summed E-state index contributed by atoms with van der Waals surface area (Å²) in [5.41, 5.74) is 2.02. The third kappa shape index (κ3) is 15.3. The van der Waals surface area contributed by atoms with Crippen LogP contribution in [0.25, 0.3) is 0 Å². The third-order valence-corrected chi connectivity index (χ3v) is 5.95. The maximum Gasteiger partial charge on any atom is 0.306 e. The van der Waals surface area contributed by atoms with Crippen LogP contribution in [0.4, 0.5) is 0 Å². The van der Waals surface area contributed by atoms with Gasteiger partial charge in [0.1, 0.15) is 6.61 Å². The molecule has 0 saturated heterocycles. The third-order valence-electron chi connectivity index (χ3n) is 5.72. The molecule has 0 aliphatic heterocycles. The second-order valence-corrected chi connectivity index (χ2v) is 9.13. The van der Waals surface area contributed by atoms with Gasteiger partial charge in [0.05, 0.1) is 6.61 Å². The Labute approximate surface area is 200 Å². The Morgan fingerprint density at radius 3 is 1.88 bits per heavy atom. The Morgan fingerprint density at radius 1 is 0.750 bits per heavy atom. The smallest absolute Gasteiger partial charge is 0.306 e. The minimum atomic E-state index is -0.150. The molecule has 0 atom stereocenters. The predicted octanol–water partition coefficient (Wildman–Crippen LogP) is 8.11. The molecule has 1 rings (SSSR count). The van der Waals surface area contributed by atoms with Gasteiger partial charge in [-0.2, -0.15) is 0 Å². The van der Waals surface area contributed by atoms with Crippen molar-refractivity contribution in [3.8, 4) is 0 Å². The zero-order valence-electron chi connectivity index (χ0n) is 20.3. The second kappa shape index (κ2) is 19.0. The van der Waals surface area contributed by atoms with Gasteiger partial charge < -0.3 is 9.47 Å². The molecule has 1 aromatic rings. The molecule has 0 aliphatic carbocycles. The summed E-state index contributed by atoms with van der Waals surface area (Å²) in [5, 5.41) is 0.693. The number of carbonyl (C=O) groups is 2.